The molecule has 6 heteroatoms. The third kappa shape index (κ3) is 1.90. The minimum absolute atomic E-state index is 0.135. The molecule has 0 amide bonds. The van der Waals surface area contributed by atoms with Crippen LogP contribution in [0.4, 0.5) is 0 Å². The molecular formula is C12H6BrCl2N3. The molecule has 3 nitrogen and oxygen atoms in total. The Morgan fingerprint density at radius 2 is 1.78 bits per heavy atom. The normalized spacial score (nSPS) is 11.1. The van der Waals surface area contributed by atoms with Crippen LogP contribution >= 0.6 is 39.1 Å². The monoisotopic (exact) mass is 341 g/mol. The SMILES string of the molecule is Clc1nc(Cl)c2cc(Br)n(-c3ccccc3)c2n1. The molecule has 0 bridgehead atoms. The Hall–Kier alpha value is -1.10. The van der Waals surface area contributed by atoms with Gasteiger partial charge >= 0.3 is 0 Å². The van der Waals surface area contributed by atoms with E-state index in [-0.39, 0.29) is 5.28 Å². The molecule has 0 aliphatic heterocycles. The molecule has 0 N–H and O–H groups in total. The Labute approximate surface area is 122 Å². The van der Waals surface area contributed by atoms with E-state index in [1.54, 1.807) is 0 Å². The van der Waals surface area contributed by atoms with Gasteiger partial charge < -0.3 is 0 Å². The summed E-state index contributed by atoms with van der Waals surface area (Å²) in [5.74, 6) is 0. The predicted octanol–water partition coefficient (Wildman–Crippen LogP) is 4.49. The summed E-state index contributed by atoms with van der Waals surface area (Å²) in [6, 6.07) is 11.7. The second kappa shape index (κ2) is 4.53. The highest BCUT2D eigenvalue weighted by Gasteiger charge is 2.14. The summed E-state index contributed by atoms with van der Waals surface area (Å²) in [5.41, 5.74) is 1.66. The molecule has 3 aromatic rings. The Morgan fingerprint density at radius 1 is 1.06 bits per heavy atom. The van der Waals surface area contributed by atoms with Gasteiger partial charge in [0.05, 0.1) is 9.99 Å². The van der Waals surface area contributed by atoms with Gasteiger partial charge in [-0.2, -0.15) is 4.98 Å². The van der Waals surface area contributed by atoms with Gasteiger partial charge in [-0.1, -0.05) is 29.8 Å². The summed E-state index contributed by atoms with van der Waals surface area (Å²) in [4.78, 5) is 8.17. The van der Waals surface area contributed by atoms with Gasteiger partial charge in [0.1, 0.15) is 5.15 Å². The first-order valence-electron chi connectivity index (χ1n) is 5.12. The van der Waals surface area contributed by atoms with E-state index in [4.69, 9.17) is 23.2 Å². The lowest BCUT2D eigenvalue weighted by atomic mass is 10.3. The van der Waals surface area contributed by atoms with Crippen molar-refractivity contribution >= 4 is 50.2 Å². The maximum atomic E-state index is 6.07. The molecule has 0 saturated carbocycles. The van der Waals surface area contributed by atoms with Crippen molar-refractivity contribution < 1.29 is 0 Å². The summed E-state index contributed by atoms with van der Waals surface area (Å²) in [7, 11) is 0. The summed E-state index contributed by atoms with van der Waals surface area (Å²) in [5, 5.41) is 1.24. The lowest BCUT2D eigenvalue weighted by Gasteiger charge is -2.06. The van der Waals surface area contributed by atoms with Gasteiger partial charge in [-0.3, -0.25) is 4.57 Å². The van der Waals surface area contributed by atoms with Crippen LogP contribution in [0.15, 0.2) is 41.0 Å². The van der Waals surface area contributed by atoms with Crippen molar-refractivity contribution in [3.63, 3.8) is 0 Å². The Morgan fingerprint density at radius 3 is 2.50 bits per heavy atom. The Bertz CT molecular complexity index is 725. The van der Waals surface area contributed by atoms with Crippen LogP contribution in [0.25, 0.3) is 16.7 Å². The number of halogens is 3. The van der Waals surface area contributed by atoms with Gasteiger partial charge in [-0.15, -0.1) is 0 Å². The van der Waals surface area contributed by atoms with Crippen LogP contribution in [0.2, 0.25) is 10.4 Å². The van der Waals surface area contributed by atoms with Crippen molar-refractivity contribution in [2.24, 2.45) is 0 Å². The summed E-state index contributed by atoms with van der Waals surface area (Å²) in [6.45, 7) is 0. The van der Waals surface area contributed by atoms with E-state index in [1.165, 1.54) is 0 Å². The maximum absolute atomic E-state index is 6.07. The minimum Gasteiger partial charge on any atom is -0.288 e. The molecule has 0 radical (unpaired) electrons. The zero-order chi connectivity index (χ0) is 12.7. The van der Waals surface area contributed by atoms with Crippen molar-refractivity contribution in [3.8, 4) is 5.69 Å². The van der Waals surface area contributed by atoms with E-state index in [9.17, 15) is 0 Å². The third-order valence-electron chi connectivity index (χ3n) is 2.55. The molecule has 2 aromatic heterocycles. The van der Waals surface area contributed by atoms with Crippen LogP contribution in [0.5, 0.6) is 0 Å². The zero-order valence-electron chi connectivity index (χ0n) is 8.94. The first-order valence-corrected chi connectivity index (χ1v) is 6.67. The van der Waals surface area contributed by atoms with E-state index in [2.05, 4.69) is 25.9 Å². The van der Waals surface area contributed by atoms with Gasteiger partial charge in [0, 0.05) is 5.69 Å². The van der Waals surface area contributed by atoms with Crippen LogP contribution in [0, 0.1) is 0 Å². The fraction of sp³-hybridized carbons (Fsp3) is 0. The second-order valence-corrected chi connectivity index (χ2v) is 5.17. The molecule has 0 unspecified atom stereocenters. The van der Waals surface area contributed by atoms with Crippen molar-refractivity contribution in [1.29, 1.82) is 0 Å². The molecular weight excluding hydrogens is 337 g/mol. The topological polar surface area (TPSA) is 30.7 Å². The van der Waals surface area contributed by atoms with Gasteiger partial charge in [0.15, 0.2) is 5.65 Å². The van der Waals surface area contributed by atoms with Gasteiger partial charge in [0.25, 0.3) is 0 Å². The molecule has 0 spiro atoms. The number of fused-ring (bicyclic) bond motifs is 1. The molecule has 2 heterocycles. The highest BCUT2D eigenvalue weighted by atomic mass is 79.9. The van der Waals surface area contributed by atoms with Crippen LogP contribution in [-0.4, -0.2) is 14.5 Å². The standard InChI is InChI=1S/C12H6BrCl2N3/c13-9-6-8-10(14)16-12(15)17-11(8)18(9)7-4-2-1-3-5-7/h1-6H. The molecule has 0 aliphatic carbocycles. The van der Waals surface area contributed by atoms with Crippen LogP contribution in [0.1, 0.15) is 0 Å². The van der Waals surface area contributed by atoms with Gasteiger partial charge in [-0.25, -0.2) is 4.98 Å². The number of benzene rings is 1. The van der Waals surface area contributed by atoms with Crippen molar-refractivity contribution in [1.82, 2.24) is 14.5 Å². The summed E-state index contributed by atoms with van der Waals surface area (Å²) >= 11 is 15.4. The molecule has 0 fully saturated rings. The van der Waals surface area contributed by atoms with E-state index in [0.717, 1.165) is 15.7 Å². The van der Waals surface area contributed by atoms with Gasteiger partial charge in [0.2, 0.25) is 5.28 Å². The number of para-hydroxylation sites is 1. The molecule has 0 aliphatic rings. The average Bonchev–Trinajstić information content (AvgIpc) is 2.67. The number of hydrogen-bond acceptors (Lipinski definition) is 2. The smallest absolute Gasteiger partial charge is 0.225 e. The van der Waals surface area contributed by atoms with Crippen molar-refractivity contribution in [2.75, 3.05) is 0 Å². The molecule has 0 atom stereocenters. The molecule has 90 valence electrons. The third-order valence-corrected chi connectivity index (χ3v) is 3.60. The van der Waals surface area contributed by atoms with Crippen molar-refractivity contribution in [3.05, 3.63) is 51.4 Å². The zero-order valence-corrected chi connectivity index (χ0v) is 12.0. The second-order valence-electron chi connectivity index (χ2n) is 3.66. The van der Waals surface area contributed by atoms with E-state index >= 15 is 0 Å². The molecule has 3 rings (SSSR count). The first-order chi connectivity index (χ1) is 8.66. The van der Waals surface area contributed by atoms with Crippen molar-refractivity contribution in [2.45, 2.75) is 0 Å². The first kappa shape index (κ1) is 12.0. The Balaban J connectivity index is 2.39. The van der Waals surface area contributed by atoms with E-state index < -0.39 is 0 Å². The number of nitrogens with zero attached hydrogens (tertiary/aromatic N) is 3. The van der Waals surface area contributed by atoms with Crippen LogP contribution < -0.4 is 0 Å². The lowest BCUT2D eigenvalue weighted by Crippen LogP contribution is -1.96. The molecule has 0 saturated heterocycles. The van der Waals surface area contributed by atoms with E-state index in [0.29, 0.717) is 10.8 Å². The fourth-order valence-corrected chi connectivity index (χ4v) is 2.84. The highest BCUT2D eigenvalue weighted by Crippen LogP contribution is 2.31. The molecule has 1 aromatic carbocycles. The van der Waals surface area contributed by atoms with Gasteiger partial charge in [-0.05, 0) is 45.7 Å². The quantitative estimate of drug-likeness (QED) is 0.482. The number of aromatic nitrogens is 3. The Kier molecular flexibility index (Phi) is 3.01. The lowest BCUT2D eigenvalue weighted by molar-refractivity contribution is 1.05. The van der Waals surface area contributed by atoms with Crippen LogP contribution in [0.3, 0.4) is 0 Å². The number of rotatable bonds is 1. The van der Waals surface area contributed by atoms with E-state index in [1.807, 2.05) is 41.0 Å². The largest absolute Gasteiger partial charge is 0.288 e. The predicted molar refractivity (Wildman–Crippen MR) is 76.6 cm³/mol. The summed E-state index contributed by atoms with van der Waals surface area (Å²) < 4.78 is 2.77. The number of hydrogen-bond donors (Lipinski definition) is 0. The minimum atomic E-state index is 0.135. The van der Waals surface area contributed by atoms with Crippen LogP contribution in [-0.2, 0) is 0 Å². The maximum Gasteiger partial charge on any atom is 0.225 e. The summed E-state index contributed by atoms with van der Waals surface area (Å²) in [6.07, 6.45) is 0. The average molecular weight is 343 g/mol. The fourth-order valence-electron chi connectivity index (χ4n) is 1.81. The molecule has 18 heavy (non-hydrogen) atoms. The highest BCUT2D eigenvalue weighted by molar-refractivity contribution is 9.10.